The first-order valence-corrected chi connectivity index (χ1v) is 7.03. The highest BCUT2D eigenvalue weighted by atomic mass is 79.9. The van der Waals surface area contributed by atoms with Crippen LogP contribution in [0.3, 0.4) is 0 Å². The van der Waals surface area contributed by atoms with Crippen molar-refractivity contribution in [1.29, 1.82) is 0 Å². The molecule has 0 aromatic heterocycles. The Balaban J connectivity index is 1.95. The molecule has 2 rings (SSSR count). The first-order chi connectivity index (χ1) is 10.1. The van der Waals surface area contributed by atoms with Crippen LogP contribution in [0.5, 0.6) is 0 Å². The number of carbonyl (C=O) groups is 2. The summed E-state index contributed by atoms with van der Waals surface area (Å²) in [4.78, 5) is 23.1. The second-order valence-electron chi connectivity index (χ2n) is 4.32. The second-order valence-corrected chi connectivity index (χ2v) is 5.23. The van der Waals surface area contributed by atoms with Crippen molar-refractivity contribution < 1.29 is 9.59 Å². The highest BCUT2D eigenvalue weighted by Gasteiger charge is 2.08. The summed E-state index contributed by atoms with van der Waals surface area (Å²) in [7, 11) is 0. The van der Waals surface area contributed by atoms with E-state index in [0.29, 0.717) is 16.9 Å². The third kappa shape index (κ3) is 4.32. The average molecular weight is 348 g/mol. The zero-order chi connectivity index (χ0) is 15.2. The minimum Gasteiger partial charge on any atom is -0.376 e. The van der Waals surface area contributed by atoms with Crippen LogP contribution >= 0.6 is 15.9 Å². The van der Waals surface area contributed by atoms with E-state index in [-0.39, 0.29) is 12.5 Å². The second kappa shape index (κ2) is 6.90. The Morgan fingerprint density at radius 2 is 1.71 bits per heavy atom. The van der Waals surface area contributed by atoms with Gasteiger partial charge in [0.2, 0.25) is 5.91 Å². The molecule has 0 bridgehead atoms. The highest BCUT2D eigenvalue weighted by Crippen LogP contribution is 2.15. The standard InChI is InChI=1S/C15H14BrN3O2/c16-10-5-7-11(8-6-10)19-14(20)9-18-13-4-2-1-3-12(13)15(17)21/h1-8,18H,9H2,(H2,17,21)(H,19,20). The number of nitrogens with two attached hydrogens (primary N) is 1. The van der Waals surface area contributed by atoms with E-state index in [1.165, 1.54) is 0 Å². The predicted molar refractivity (Wildman–Crippen MR) is 86.2 cm³/mol. The summed E-state index contributed by atoms with van der Waals surface area (Å²) in [5.41, 5.74) is 6.87. The fourth-order valence-corrected chi connectivity index (χ4v) is 2.03. The number of carbonyl (C=O) groups excluding carboxylic acids is 2. The number of amides is 2. The molecule has 0 aliphatic rings. The number of hydrogen-bond acceptors (Lipinski definition) is 3. The lowest BCUT2D eigenvalue weighted by molar-refractivity contribution is -0.114. The molecule has 5 nitrogen and oxygen atoms in total. The molecule has 0 fully saturated rings. The van der Waals surface area contributed by atoms with Gasteiger partial charge in [-0.15, -0.1) is 0 Å². The number of nitrogens with one attached hydrogen (secondary N) is 2. The van der Waals surface area contributed by atoms with E-state index in [9.17, 15) is 9.59 Å². The fraction of sp³-hybridized carbons (Fsp3) is 0.0667. The van der Waals surface area contributed by atoms with Gasteiger partial charge in [0.15, 0.2) is 0 Å². The topological polar surface area (TPSA) is 84.2 Å². The minimum atomic E-state index is -0.536. The number of rotatable bonds is 5. The Kier molecular flexibility index (Phi) is 4.94. The van der Waals surface area contributed by atoms with Gasteiger partial charge in [0.25, 0.3) is 5.91 Å². The normalized spacial score (nSPS) is 9.95. The maximum absolute atomic E-state index is 11.9. The number of primary amides is 1. The van der Waals surface area contributed by atoms with E-state index >= 15 is 0 Å². The summed E-state index contributed by atoms with van der Waals surface area (Å²) in [5.74, 6) is -0.747. The van der Waals surface area contributed by atoms with Crippen LogP contribution < -0.4 is 16.4 Å². The summed E-state index contributed by atoms with van der Waals surface area (Å²) >= 11 is 3.33. The van der Waals surface area contributed by atoms with Gasteiger partial charge in [-0.25, -0.2) is 0 Å². The fourth-order valence-electron chi connectivity index (χ4n) is 1.77. The van der Waals surface area contributed by atoms with Crippen molar-refractivity contribution in [3.05, 3.63) is 58.6 Å². The van der Waals surface area contributed by atoms with E-state index in [1.807, 2.05) is 12.1 Å². The van der Waals surface area contributed by atoms with Gasteiger partial charge in [-0.2, -0.15) is 0 Å². The van der Waals surface area contributed by atoms with Crippen LogP contribution in [0.4, 0.5) is 11.4 Å². The molecular formula is C15H14BrN3O2. The smallest absolute Gasteiger partial charge is 0.250 e. The molecule has 0 atom stereocenters. The average Bonchev–Trinajstić information content (AvgIpc) is 2.48. The molecule has 108 valence electrons. The number of para-hydroxylation sites is 1. The first-order valence-electron chi connectivity index (χ1n) is 6.24. The van der Waals surface area contributed by atoms with Gasteiger partial charge < -0.3 is 16.4 Å². The molecule has 0 spiro atoms. The number of benzene rings is 2. The molecule has 0 aliphatic carbocycles. The molecule has 4 N–H and O–H groups in total. The maximum atomic E-state index is 11.9. The summed E-state index contributed by atoms with van der Waals surface area (Å²) in [5, 5.41) is 5.65. The Labute approximate surface area is 130 Å². The lowest BCUT2D eigenvalue weighted by Crippen LogP contribution is -2.23. The van der Waals surface area contributed by atoms with Crippen LogP contribution in [0.15, 0.2) is 53.0 Å². The van der Waals surface area contributed by atoms with Crippen LogP contribution in [0.2, 0.25) is 0 Å². The number of hydrogen-bond donors (Lipinski definition) is 3. The minimum absolute atomic E-state index is 0.0420. The summed E-state index contributed by atoms with van der Waals surface area (Å²) in [6.45, 7) is 0.0420. The SMILES string of the molecule is NC(=O)c1ccccc1NCC(=O)Nc1ccc(Br)cc1. The van der Waals surface area contributed by atoms with E-state index in [0.717, 1.165) is 4.47 Å². The van der Waals surface area contributed by atoms with Crippen molar-refractivity contribution >= 4 is 39.1 Å². The molecule has 0 saturated heterocycles. The molecule has 0 heterocycles. The van der Waals surface area contributed by atoms with Crippen molar-refractivity contribution in [3.63, 3.8) is 0 Å². The maximum Gasteiger partial charge on any atom is 0.250 e. The Morgan fingerprint density at radius 3 is 2.38 bits per heavy atom. The quantitative estimate of drug-likeness (QED) is 0.777. The van der Waals surface area contributed by atoms with Gasteiger partial charge in [0.1, 0.15) is 0 Å². The highest BCUT2D eigenvalue weighted by molar-refractivity contribution is 9.10. The molecule has 2 amide bonds. The van der Waals surface area contributed by atoms with Crippen LogP contribution in [-0.2, 0) is 4.79 Å². The van der Waals surface area contributed by atoms with Gasteiger partial charge in [0, 0.05) is 15.8 Å². The molecule has 0 aliphatic heterocycles. The van der Waals surface area contributed by atoms with Crippen LogP contribution in [0.1, 0.15) is 10.4 Å². The van der Waals surface area contributed by atoms with Gasteiger partial charge >= 0.3 is 0 Å². The van der Waals surface area contributed by atoms with Crippen LogP contribution in [0, 0.1) is 0 Å². The summed E-state index contributed by atoms with van der Waals surface area (Å²) in [6, 6.07) is 14.1. The predicted octanol–water partition coefficient (Wildman–Crippen LogP) is 2.60. The zero-order valence-electron chi connectivity index (χ0n) is 11.1. The number of halogens is 1. The van der Waals surface area contributed by atoms with Crippen molar-refractivity contribution in [3.8, 4) is 0 Å². The lowest BCUT2D eigenvalue weighted by atomic mass is 10.1. The Morgan fingerprint density at radius 1 is 1.05 bits per heavy atom. The molecule has 6 heteroatoms. The largest absolute Gasteiger partial charge is 0.376 e. The van der Waals surface area contributed by atoms with E-state index < -0.39 is 5.91 Å². The zero-order valence-corrected chi connectivity index (χ0v) is 12.7. The Hall–Kier alpha value is -2.34. The molecule has 2 aromatic carbocycles. The molecule has 21 heavy (non-hydrogen) atoms. The molecule has 0 radical (unpaired) electrons. The van der Waals surface area contributed by atoms with Crippen LogP contribution in [0.25, 0.3) is 0 Å². The molecule has 0 unspecified atom stereocenters. The summed E-state index contributed by atoms with van der Waals surface area (Å²) < 4.78 is 0.939. The third-order valence-corrected chi connectivity index (χ3v) is 3.29. The van der Waals surface area contributed by atoms with Crippen LogP contribution in [-0.4, -0.2) is 18.4 Å². The van der Waals surface area contributed by atoms with Crippen molar-refractivity contribution in [2.45, 2.75) is 0 Å². The van der Waals surface area contributed by atoms with Gasteiger partial charge in [-0.05, 0) is 36.4 Å². The van der Waals surface area contributed by atoms with Gasteiger partial charge in [-0.1, -0.05) is 28.1 Å². The first kappa shape index (κ1) is 15.1. The molecular weight excluding hydrogens is 334 g/mol. The van der Waals surface area contributed by atoms with Gasteiger partial charge in [0.05, 0.1) is 12.1 Å². The van der Waals surface area contributed by atoms with E-state index in [1.54, 1.807) is 36.4 Å². The number of anilines is 2. The lowest BCUT2D eigenvalue weighted by Gasteiger charge is -2.10. The van der Waals surface area contributed by atoms with E-state index in [2.05, 4.69) is 26.6 Å². The van der Waals surface area contributed by atoms with Crippen molar-refractivity contribution in [1.82, 2.24) is 0 Å². The third-order valence-electron chi connectivity index (χ3n) is 2.76. The van der Waals surface area contributed by atoms with Crippen molar-refractivity contribution in [2.75, 3.05) is 17.2 Å². The monoisotopic (exact) mass is 347 g/mol. The summed E-state index contributed by atoms with van der Waals surface area (Å²) in [6.07, 6.45) is 0. The molecule has 0 saturated carbocycles. The van der Waals surface area contributed by atoms with E-state index in [4.69, 9.17) is 5.73 Å². The Bertz CT molecular complexity index is 656. The molecule has 2 aromatic rings. The van der Waals surface area contributed by atoms with Crippen molar-refractivity contribution in [2.24, 2.45) is 5.73 Å². The van der Waals surface area contributed by atoms with Gasteiger partial charge in [-0.3, -0.25) is 9.59 Å².